The Hall–Kier alpha value is -1.84. The molecule has 1 amide bonds. The molecule has 1 N–H and O–H groups in total. The molecule has 0 radical (unpaired) electrons. The molecule has 0 spiro atoms. The lowest BCUT2D eigenvalue weighted by atomic mass is 10.1. The molecule has 16 heavy (non-hydrogen) atoms. The Morgan fingerprint density at radius 3 is 2.75 bits per heavy atom. The molecule has 0 aliphatic carbocycles. The Morgan fingerprint density at radius 2 is 2.19 bits per heavy atom. The number of aromatic nitrogens is 1. The van der Waals surface area contributed by atoms with Gasteiger partial charge in [0.15, 0.2) is 5.75 Å². The van der Waals surface area contributed by atoms with E-state index in [9.17, 15) is 4.79 Å². The fraction of sp³-hybridized carbons (Fsp3) is 0.333. The van der Waals surface area contributed by atoms with Gasteiger partial charge in [0.1, 0.15) is 0 Å². The summed E-state index contributed by atoms with van der Waals surface area (Å²) in [6.07, 6.45) is 2.72. The van der Waals surface area contributed by atoms with Gasteiger partial charge in [-0.15, -0.1) is 0 Å². The summed E-state index contributed by atoms with van der Waals surface area (Å²) in [4.78, 5) is 15.3. The number of carbonyl (C=O) groups is 1. The van der Waals surface area contributed by atoms with Gasteiger partial charge in [0.2, 0.25) is 0 Å². The molecule has 0 aromatic carbocycles. The van der Waals surface area contributed by atoms with Crippen molar-refractivity contribution in [2.45, 2.75) is 26.7 Å². The van der Waals surface area contributed by atoms with Gasteiger partial charge in [0.05, 0.1) is 6.20 Å². The van der Waals surface area contributed by atoms with Gasteiger partial charge in [-0.2, -0.15) is 0 Å². The van der Waals surface area contributed by atoms with Crippen LogP contribution in [-0.4, -0.2) is 11.1 Å². The fourth-order valence-electron chi connectivity index (χ4n) is 1.11. The highest BCUT2D eigenvalue weighted by atomic mass is 16.6. The number of hydrogen-bond acceptors (Lipinski definition) is 3. The van der Waals surface area contributed by atoms with Crippen LogP contribution in [0.4, 0.5) is 4.79 Å². The second-order valence-corrected chi connectivity index (χ2v) is 3.90. The quantitative estimate of drug-likeness (QED) is 0.852. The summed E-state index contributed by atoms with van der Waals surface area (Å²) >= 11 is 0. The Kier molecular flexibility index (Phi) is 4.05. The molecule has 1 aromatic heterocycles. The SMILES string of the molecule is C=C(C)NC(=O)Oc1cncc(C(C)C)c1. The second-order valence-electron chi connectivity index (χ2n) is 3.90. The summed E-state index contributed by atoms with van der Waals surface area (Å²) < 4.78 is 5.04. The molecule has 1 heterocycles. The lowest BCUT2D eigenvalue weighted by Crippen LogP contribution is -2.24. The molecule has 4 nitrogen and oxygen atoms in total. The first kappa shape index (κ1) is 12.2. The van der Waals surface area contributed by atoms with Crippen LogP contribution in [-0.2, 0) is 0 Å². The van der Waals surface area contributed by atoms with Gasteiger partial charge in [0, 0.05) is 11.9 Å². The summed E-state index contributed by atoms with van der Waals surface area (Å²) in [5.74, 6) is 0.783. The van der Waals surface area contributed by atoms with E-state index >= 15 is 0 Å². The second kappa shape index (κ2) is 5.30. The van der Waals surface area contributed by atoms with Crippen molar-refractivity contribution in [2.24, 2.45) is 0 Å². The molecule has 1 rings (SSSR count). The summed E-state index contributed by atoms with van der Waals surface area (Å²) in [5, 5.41) is 2.46. The van der Waals surface area contributed by atoms with Crippen LogP contribution in [0.2, 0.25) is 0 Å². The molecule has 86 valence electrons. The molecule has 0 saturated carbocycles. The topological polar surface area (TPSA) is 51.2 Å². The molecule has 0 unspecified atom stereocenters. The zero-order chi connectivity index (χ0) is 12.1. The number of rotatable bonds is 3. The van der Waals surface area contributed by atoms with Gasteiger partial charge < -0.3 is 4.74 Å². The molecule has 0 aliphatic rings. The number of pyridine rings is 1. The molecule has 0 bridgehead atoms. The standard InChI is InChI=1S/C12H16N2O2/c1-8(2)10-5-11(7-13-6-10)16-12(15)14-9(3)4/h5-8H,3H2,1-2,4H3,(H,14,15). The number of hydrogen-bond donors (Lipinski definition) is 1. The number of amides is 1. The largest absolute Gasteiger partial charge is 0.416 e. The number of nitrogens with zero attached hydrogens (tertiary/aromatic N) is 1. The maximum Gasteiger partial charge on any atom is 0.416 e. The van der Waals surface area contributed by atoms with E-state index in [1.165, 1.54) is 6.20 Å². The van der Waals surface area contributed by atoms with E-state index in [1.807, 2.05) is 0 Å². The lowest BCUT2D eigenvalue weighted by molar-refractivity contribution is 0.203. The maximum absolute atomic E-state index is 11.3. The van der Waals surface area contributed by atoms with Crippen LogP contribution >= 0.6 is 0 Å². The van der Waals surface area contributed by atoms with Crippen molar-refractivity contribution in [1.29, 1.82) is 0 Å². The van der Waals surface area contributed by atoms with Crippen molar-refractivity contribution in [3.63, 3.8) is 0 Å². The Balaban J connectivity index is 2.70. The molecule has 0 fully saturated rings. The average molecular weight is 220 g/mol. The van der Waals surface area contributed by atoms with Crippen LogP contribution in [0.3, 0.4) is 0 Å². The smallest absolute Gasteiger partial charge is 0.408 e. The number of carbonyl (C=O) groups excluding carboxylic acids is 1. The number of ether oxygens (including phenoxy) is 1. The number of nitrogens with one attached hydrogen (secondary N) is 1. The highest BCUT2D eigenvalue weighted by Gasteiger charge is 2.06. The van der Waals surface area contributed by atoms with Gasteiger partial charge in [-0.3, -0.25) is 10.3 Å². The van der Waals surface area contributed by atoms with Crippen molar-refractivity contribution in [2.75, 3.05) is 0 Å². The molecular weight excluding hydrogens is 204 g/mol. The molecular formula is C12H16N2O2. The lowest BCUT2D eigenvalue weighted by Gasteiger charge is -2.08. The summed E-state index contributed by atoms with van der Waals surface area (Å²) in [6, 6.07) is 1.80. The molecule has 0 saturated heterocycles. The highest BCUT2D eigenvalue weighted by Crippen LogP contribution is 2.18. The van der Waals surface area contributed by atoms with E-state index < -0.39 is 6.09 Å². The predicted molar refractivity (Wildman–Crippen MR) is 62.3 cm³/mol. The summed E-state index contributed by atoms with van der Waals surface area (Å²) in [6.45, 7) is 9.34. The first-order valence-corrected chi connectivity index (χ1v) is 5.08. The first-order valence-electron chi connectivity index (χ1n) is 5.08. The van der Waals surface area contributed by atoms with Gasteiger partial charge in [-0.25, -0.2) is 4.79 Å². The third kappa shape index (κ3) is 3.73. The van der Waals surface area contributed by atoms with Crippen molar-refractivity contribution >= 4 is 6.09 Å². The van der Waals surface area contributed by atoms with Gasteiger partial charge in [-0.1, -0.05) is 20.4 Å². The van der Waals surface area contributed by atoms with Crippen LogP contribution in [0.5, 0.6) is 5.75 Å². The van der Waals surface area contributed by atoms with Crippen molar-refractivity contribution < 1.29 is 9.53 Å². The Bertz CT molecular complexity index is 400. The van der Waals surface area contributed by atoms with Crippen LogP contribution < -0.4 is 10.1 Å². The van der Waals surface area contributed by atoms with Crippen LogP contribution in [0, 0.1) is 0 Å². The molecule has 4 heteroatoms. The zero-order valence-corrected chi connectivity index (χ0v) is 9.78. The average Bonchev–Trinajstić information content (AvgIpc) is 2.16. The summed E-state index contributed by atoms with van der Waals surface area (Å²) in [7, 11) is 0. The highest BCUT2D eigenvalue weighted by molar-refractivity contribution is 5.72. The van der Waals surface area contributed by atoms with E-state index in [0.717, 1.165) is 5.56 Å². The van der Waals surface area contributed by atoms with E-state index in [1.54, 1.807) is 19.2 Å². The Labute approximate surface area is 95.3 Å². The van der Waals surface area contributed by atoms with E-state index in [4.69, 9.17) is 4.74 Å². The van der Waals surface area contributed by atoms with Crippen molar-refractivity contribution in [3.05, 3.63) is 36.3 Å². The maximum atomic E-state index is 11.3. The minimum Gasteiger partial charge on any atom is -0.408 e. The fourth-order valence-corrected chi connectivity index (χ4v) is 1.11. The van der Waals surface area contributed by atoms with Crippen LogP contribution in [0.1, 0.15) is 32.3 Å². The van der Waals surface area contributed by atoms with Crippen LogP contribution in [0.15, 0.2) is 30.7 Å². The minimum atomic E-state index is -0.546. The third-order valence-corrected chi connectivity index (χ3v) is 1.93. The van der Waals surface area contributed by atoms with E-state index in [-0.39, 0.29) is 0 Å². The van der Waals surface area contributed by atoms with Gasteiger partial charge in [0.25, 0.3) is 0 Å². The minimum absolute atomic E-state index is 0.347. The first-order chi connectivity index (χ1) is 7.49. The van der Waals surface area contributed by atoms with Crippen molar-refractivity contribution in [1.82, 2.24) is 10.3 Å². The zero-order valence-electron chi connectivity index (χ0n) is 9.78. The molecule has 0 atom stereocenters. The summed E-state index contributed by atoms with van der Waals surface area (Å²) in [5.41, 5.74) is 1.57. The predicted octanol–water partition coefficient (Wildman–Crippen LogP) is 2.83. The Morgan fingerprint density at radius 1 is 1.50 bits per heavy atom. The monoisotopic (exact) mass is 220 g/mol. The molecule has 0 aliphatic heterocycles. The molecule has 1 aromatic rings. The van der Waals surface area contributed by atoms with Crippen molar-refractivity contribution in [3.8, 4) is 5.75 Å². The third-order valence-electron chi connectivity index (χ3n) is 1.93. The van der Waals surface area contributed by atoms with Crippen LogP contribution in [0.25, 0.3) is 0 Å². The normalized spacial score (nSPS) is 10.0. The van der Waals surface area contributed by atoms with E-state index in [0.29, 0.717) is 17.4 Å². The number of allylic oxidation sites excluding steroid dienone is 1. The van der Waals surface area contributed by atoms with Gasteiger partial charge >= 0.3 is 6.09 Å². The van der Waals surface area contributed by atoms with E-state index in [2.05, 4.69) is 30.7 Å². The van der Waals surface area contributed by atoms with Gasteiger partial charge in [-0.05, 0) is 24.5 Å².